The molecule has 0 radical (unpaired) electrons. The summed E-state index contributed by atoms with van der Waals surface area (Å²) in [6.45, 7) is 9.80. The maximum Gasteiger partial charge on any atom is 0.336 e. The Morgan fingerprint density at radius 2 is 1.86 bits per heavy atom. The van der Waals surface area contributed by atoms with Gasteiger partial charge < -0.3 is 14.4 Å². The molecule has 0 aliphatic heterocycles. The summed E-state index contributed by atoms with van der Waals surface area (Å²) in [6, 6.07) is 7.20. The van der Waals surface area contributed by atoms with Crippen LogP contribution in [-0.4, -0.2) is 18.2 Å². The van der Waals surface area contributed by atoms with Crippen LogP contribution < -0.4 is 10.5 Å². The van der Waals surface area contributed by atoms with E-state index in [1.54, 1.807) is 0 Å². The average Bonchev–Trinajstić information content (AvgIpc) is 2.46. The molecule has 0 aliphatic carbocycles. The number of hydrogen-bond acceptors (Lipinski definition) is 4. The third kappa shape index (κ3) is 3.10. The summed E-state index contributed by atoms with van der Waals surface area (Å²) in [4.78, 5) is 13.9. The molecule has 1 aromatic carbocycles. The van der Waals surface area contributed by atoms with Gasteiger partial charge in [-0.25, -0.2) is 4.79 Å². The molecule has 0 amide bonds. The van der Waals surface area contributed by atoms with Crippen molar-refractivity contribution in [2.45, 2.75) is 33.8 Å². The summed E-state index contributed by atoms with van der Waals surface area (Å²) in [7, 11) is 0. The van der Waals surface area contributed by atoms with E-state index in [1.807, 2.05) is 32.0 Å². The molecule has 2 aromatic rings. The third-order valence-corrected chi connectivity index (χ3v) is 3.84. The van der Waals surface area contributed by atoms with E-state index in [0.29, 0.717) is 11.1 Å². The van der Waals surface area contributed by atoms with Gasteiger partial charge in [0.15, 0.2) is 0 Å². The molecule has 0 spiro atoms. The first-order valence-electron chi connectivity index (χ1n) is 7.48. The summed E-state index contributed by atoms with van der Waals surface area (Å²) in [5.41, 5.74) is 1.77. The van der Waals surface area contributed by atoms with E-state index in [-0.39, 0.29) is 5.92 Å². The Balaban J connectivity index is 2.62. The molecule has 0 fully saturated rings. The van der Waals surface area contributed by atoms with Crippen molar-refractivity contribution in [3.8, 4) is 0 Å². The molecule has 1 N–H and O–H groups in total. The third-order valence-electron chi connectivity index (χ3n) is 3.84. The van der Waals surface area contributed by atoms with Gasteiger partial charge in [-0.1, -0.05) is 13.8 Å². The van der Waals surface area contributed by atoms with Crippen LogP contribution in [0.15, 0.2) is 33.5 Å². The standard InChI is InChI=1S/C17H23NO3/c1-5-18(6-2)12-7-8-13-14(17(20)11(3)4)10-16(19)21-15(13)9-12/h7-11,17,20H,5-6H2,1-4H3. The topological polar surface area (TPSA) is 53.7 Å². The van der Waals surface area contributed by atoms with E-state index in [9.17, 15) is 9.90 Å². The smallest absolute Gasteiger partial charge is 0.336 e. The monoisotopic (exact) mass is 289 g/mol. The van der Waals surface area contributed by atoms with Crippen LogP contribution >= 0.6 is 0 Å². The molecule has 0 saturated heterocycles. The molecule has 0 saturated carbocycles. The Morgan fingerprint density at radius 3 is 2.43 bits per heavy atom. The number of fused-ring (bicyclic) bond motifs is 1. The summed E-state index contributed by atoms with van der Waals surface area (Å²) < 4.78 is 5.32. The lowest BCUT2D eigenvalue weighted by Crippen LogP contribution is -2.21. The molecule has 21 heavy (non-hydrogen) atoms. The van der Waals surface area contributed by atoms with Gasteiger partial charge in [-0.2, -0.15) is 0 Å². The molecule has 0 bridgehead atoms. The highest BCUT2D eigenvalue weighted by atomic mass is 16.4. The zero-order chi connectivity index (χ0) is 15.6. The lowest BCUT2D eigenvalue weighted by molar-refractivity contribution is 0.128. The van der Waals surface area contributed by atoms with Crippen molar-refractivity contribution in [1.29, 1.82) is 0 Å². The number of anilines is 1. The number of benzene rings is 1. The van der Waals surface area contributed by atoms with Crippen LogP contribution in [0.2, 0.25) is 0 Å². The number of aliphatic hydroxyl groups is 1. The van der Waals surface area contributed by atoms with E-state index in [4.69, 9.17) is 4.42 Å². The largest absolute Gasteiger partial charge is 0.423 e. The molecular formula is C17H23NO3. The highest BCUT2D eigenvalue weighted by molar-refractivity contribution is 5.84. The van der Waals surface area contributed by atoms with Gasteiger partial charge >= 0.3 is 5.63 Å². The van der Waals surface area contributed by atoms with Crippen molar-refractivity contribution in [3.05, 3.63) is 40.2 Å². The van der Waals surface area contributed by atoms with Gasteiger partial charge in [-0.15, -0.1) is 0 Å². The van der Waals surface area contributed by atoms with Gasteiger partial charge in [0.05, 0.1) is 6.10 Å². The van der Waals surface area contributed by atoms with Crippen LogP contribution in [0.1, 0.15) is 39.4 Å². The SMILES string of the molecule is CCN(CC)c1ccc2c(C(O)C(C)C)cc(=O)oc2c1. The van der Waals surface area contributed by atoms with Gasteiger partial charge in [0.25, 0.3) is 0 Å². The minimum absolute atomic E-state index is 0.0393. The molecule has 114 valence electrons. The number of hydrogen-bond donors (Lipinski definition) is 1. The van der Waals surface area contributed by atoms with Crippen LogP contribution in [0.25, 0.3) is 11.0 Å². The maximum atomic E-state index is 11.8. The summed E-state index contributed by atoms with van der Waals surface area (Å²) in [6.07, 6.45) is -0.670. The lowest BCUT2D eigenvalue weighted by Gasteiger charge is -2.22. The first-order valence-corrected chi connectivity index (χ1v) is 7.48. The van der Waals surface area contributed by atoms with E-state index in [0.717, 1.165) is 24.2 Å². The molecular weight excluding hydrogens is 266 g/mol. The molecule has 1 atom stereocenters. The first kappa shape index (κ1) is 15.6. The maximum absolute atomic E-state index is 11.8. The van der Waals surface area contributed by atoms with E-state index >= 15 is 0 Å². The van der Waals surface area contributed by atoms with Crippen molar-refractivity contribution < 1.29 is 9.52 Å². The quantitative estimate of drug-likeness (QED) is 0.858. The highest BCUT2D eigenvalue weighted by Crippen LogP contribution is 2.30. The fourth-order valence-corrected chi connectivity index (χ4v) is 2.57. The fourth-order valence-electron chi connectivity index (χ4n) is 2.57. The van der Waals surface area contributed by atoms with E-state index in [1.165, 1.54) is 6.07 Å². The molecule has 1 heterocycles. The summed E-state index contributed by atoms with van der Waals surface area (Å²) in [5.74, 6) is 0.0393. The Hall–Kier alpha value is -1.81. The summed E-state index contributed by atoms with van der Waals surface area (Å²) >= 11 is 0. The van der Waals surface area contributed by atoms with Gasteiger partial charge in [0, 0.05) is 36.3 Å². The van der Waals surface area contributed by atoms with E-state index in [2.05, 4.69) is 18.7 Å². The zero-order valence-corrected chi connectivity index (χ0v) is 13.1. The molecule has 4 nitrogen and oxygen atoms in total. The molecule has 0 aliphatic rings. The minimum Gasteiger partial charge on any atom is -0.423 e. The second kappa shape index (κ2) is 6.31. The molecule has 1 unspecified atom stereocenters. The minimum atomic E-state index is -0.670. The van der Waals surface area contributed by atoms with Crippen molar-refractivity contribution in [2.75, 3.05) is 18.0 Å². The number of nitrogens with zero attached hydrogens (tertiary/aromatic N) is 1. The number of rotatable bonds is 5. The van der Waals surface area contributed by atoms with Crippen molar-refractivity contribution >= 4 is 16.7 Å². The van der Waals surface area contributed by atoms with Gasteiger partial charge in [0.1, 0.15) is 5.58 Å². The van der Waals surface area contributed by atoms with Gasteiger partial charge in [-0.05, 0) is 37.5 Å². The average molecular weight is 289 g/mol. The Kier molecular flexibility index (Phi) is 4.68. The molecule has 2 rings (SSSR count). The lowest BCUT2D eigenvalue weighted by atomic mass is 9.96. The molecule has 4 heteroatoms. The Morgan fingerprint density at radius 1 is 1.19 bits per heavy atom. The first-order chi connectivity index (χ1) is 9.97. The van der Waals surface area contributed by atoms with Crippen LogP contribution in [0, 0.1) is 5.92 Å². The van der Waals surface area contributed by atoms with Crippen molar-refractivity contribution in [1.82, 2.24) is 0 Å². The van der Waals surface area contributed by atoms with Crippen molar-refractivity contribution in [2.24, 2.45) is 5.92 Å². The van der Waals surface area contributed by atoms with Crippen LogP contribution in [0.5, 0.6) is 0 Å². The van der Waals surface area contributed by atoms with Crippen LogP contribution in [-0.2, 0) is 0 Å². The molecule has 1 aromatic heterocycles. The summed E-state index contributed by atoms with van der Waals surface area (Å²) in [5, 5.41) is 11.1. The van der Waals surface area contributed by atoms with Crippen LogP contribution in [0.3, 0.4) is 0 Å². The zero-order valence-electron chi connectivity index (χ0n) is 13.1. The number of aliphatic hydroxyl groups excluding tert-OH is 1. The predicted octanol–water partition coefficient (Wildman–Crippen LogP) is 3.33. The van der Waals surface area contributed by atoms with Gasteiger partial charge in [-0.3, -0.25) is 0 Å². The second-order valence-corrected chi connectivity index (χ2v) is 5.56. The highest BCUT2D eigenvalue weighted by Gasteiger charge is 2.17. The fraction of sp³-hybridized carbons (Fsp3) is 0.471. The van der Waals surface area contributed by atoms with Crippen molar-refractivity contribution in [3.63, 3.8) is 0 Å². The Bertz CT molecular complexity index is 671. The Labute approximate surface area is 125 Å². The van der Waals surface area contributed by atoms with E-state index < -0.39 is 11.7 Å². The normalized spacial score (nSPS) is 12.9. The van der Waals surface area contributed by atoms with Crippen LogP contribution in [0.4, 0.5) is 5.69 Å². The predicted molar refractivity (Wildman–Crippen MR) is 85.8 cm³/mol. The second-order valence-electron chi connectivity index (χ2n) is 5.56. The van der Waals surface area contributed by atoms with Gasteiger partial charge in [0.2, 0.25) is 0 Å².